The predicted molar refractivity (Wildman–Crippen MR) is 164 cm³/mol. The molecule has 0 amide bonds. The first kappa shape index (κ1) is 30.2. The number of hydrogen-bond donors (Lipinski definition) is 0. The van der Waals surface area contributed by atoms with Crippen LogP contribution in [0, 0.1) is 13.8 Å². The molecular formula is C30H31N2O7S3-. The highest BCUT2D eigenvalue weighted by Crippen LogP contribution is 2.41. The molecule has 0 radical (unpaired) electrons. The number of benzene rings is 3. The minimum Gasteiger partial charge on any atom is -0.748 e. The summed E-state index contributed by atoms with van der Waals surface area (Å²) in [6.07, 6.45) is 4.63. The van der Waals surface area contributed by atoms with Crippen molar-refractivity contribution in [1.82, 2.24) is 0 Å². The van der Waals surface area contributed by atoms with Gasteiger partial charge < -0.3 is 18.7 Å². The van der Waals surface area contributed by atoms with Crippen molar-refractivity contribution >= 4 is 64.3 Å². The van der Waals surface area contributed by atoms with E-state index in [0.29, 0.717) is 30.3 Å². The maximum Gasteiger partial charge on any atom is 0.263 e. The molecule has 5 rings (SSSR count). The lowest BCUT2D eigenvalue weighted by Gasteiger charge is -2.20. The van der Waals surface area contributed by atoms with Gasteiger partial charge in [-0.25, -0.2) is 16.8 Å². The Hall–Kier alpha value is -3.29. The molecule has 0 fully saturated rings. The topological polar surface area (TPSA) is 131 Å². The largest absolute Gasteiger partial charge is 0.748 e. The van der Waals surface area contributed by atoms with Gasteiger partial charge in [0.15, 0.2) is 12.3 Å². The van der Waals surface area contributed by atoms with Crippen molar-refractivity contribution in [3.05, 3.63) is 82.2 Å². The molecule has 0 saturated heterocycles. The maximum absolute atomic E-state index is 11.5. The smallest absolute Gasteiger partial charge is 0.263 e. The highest BCUT2D eigenvalue weighted by molar-refractivity contribution is 7.85. The van der Waals surface area contributed by atoms with E-state index in [9.17, 15) is 25.9 Å². The molecule has 0 N–H and O–H groups in total. The molecule has 222 valence electrons. The normalized spacial score (nSPS) is 15.1. The average Bonchev–Trinajstić information content (AvgIpc) is 3.43. The van der Waals surface area contributed by atoms with E-state index in [0.717, 1.165) is 42.7 Å². The fraction of sp³-hybridized carbons (Fsp3) is 0.300. The van der Waals surface area contributed by atoms with Crippen LogP contribution in [0.5, 0.6) is 5.75 Å². The molecule has 12 heteroatoms. The van der Waals surface area contributed by atoms with Gasteiger partial charge in [0.05, 0.1) is 37.1 Å². The van der Waals surface area contributed by atoms with Gasteiger partial charge >= 0.3 is 0 Å². The Morgan fingerprint density at radius 2 is 1.71 bits per heavy atom. The Morgan fingerprint density at radius 3 is 2.43 bits per heavy atom. The minimum absolute atomic E-state index is 0.0529. The lowest BCUT2D eigenvalue weighted by molar-refractivity contribution is -0.667. The summed E-state index contributed by atoms with van der Waals surface area (Å²) >= 11 is 1.56. The van der Waals surface area contributed by atoms with Crippen molar-refractivity contribution < 1.29 is 35.2 Å². The van der Waals surface area contributed by atoms with Gasteiger partial charge in [-0.1, -0.05) is 42.5 Å². The molecule has 4 aromatic rings. The van der Waals surface area contributed by atoms with Crippen LogP contribution in [-0.2, 0) is 26.8 Å². The number of nitrogens with zero attached hydrogens (tertiary/aromatic N) is 2. The first-order chi connectivity index (χ1) is 19.8. The molecule has 0 spiro atoms. The van der Waals surface area contributed by atoms with E-state index >= 15 is 0 Å². The molecule has 2 heterocycles. The van der Waals surface area contributed by atoms with E-state index in [2.05, 4.69) is 4.57 Å². The van der Waals surface area contributed by atoms with Gasteiger partial charge in [-0.2, -0.15) is 4.57 Å². The van der Waals surface area contributed by atoms with Crippen molar-refractivity contribution in [2.24, 2.45) is 0 Å². The fourth-order valence-corrected chi connectivity index (χ4v) is 7.13. The Morgan fingerprint density at radius 1 is 1.00 bits per heavy atom. The molecule has 0 bridgehead atoms. The molecule has 42 heavy (non-hydrogen) atoms. The third-order valence-corrected chi connectivity index (χ3v) is 9.90. The van der Waals surface area contributed by atoms with Crippen LogP contribution in [0.25, 0.3) is 27.1 Å². The summed E-state index contributed by atoms with van der Waals surface area (Å²) in [4.78, 5) is 1.71. The van der Waals surface area contributed by atoms with Gasteiger partial charge in [0.1, 0.15) is 4.70 Å². The van der Waals surface area contributed by atoms with Gasteiger partial charge in [0, 0.05) is 30.9 Å². The van der Waals surface area contributed by atoms with Crippen LogP contribution in [0.3, 0.4) is 0 Å². The van der Waals surface area contributed by atoms with E-state index in [1.165, 1.54) is 0 Å². The number of ether oxygens (including phenoxy) is 1. The molecule has 0 saturated carbocycles. The zero-order chi connectivity index (χ0) is 30.2. The summed E-state index contributed by atoms with van der Waals surface area (Å²) in [6.45, 7) is 6.19. The quantitative estimate of drug-likeness (QED) is 0.178. The number of hydrogen-bond acceptors (Lipinski definition) is 9. The monoisotopic (exact) mass is 627 g/mol. The van der Waals surface area contributed by atoms with E-state index in [4.69, 9.17) is 4.74 Å². The van der Waals surface area contributed by atoms with Gasteiger partial charge in [0.25, 0.3) is 5.01 Å². The molecule has 0 aliphatic carbocycles. The van der Waals surface area contributed by atoms with Crippen molar-refractivity contribution in [3.63, 3.8) is 0 Å². The SMILES string of the molecule is CCC(=C/c1sc2ccc3ccccc3c2[n+]1CCCS(=O)(=O)[O-])/C=C1\Oc2cc(C)c(C)cc2N1CCS(=O)(=O)[O-]. The number of allylic oxidation sites excluding steroid dienone is 2. The lowest BCUT2D eigenvalue weighted by atomic mass is 10.1. The van der Waals surface area contributed by atoms with Gasteiger partial charge in [-0.3, -0.25) is 0 Å². The second-order valence-corrected chi connectivity index (χ2v) is 14.4. The number of aromatic nitrogens is 1. The first-order valence-corrected chi connectivity index (χ1v) is 17.5. The van der Waals surface area contributed by atoms with Crippen LogP contribution in [-0.4, -0.2) is 44.0 Å². The van der Waals surface area contributed by atoms with Crippen molar-refractivity contribution in [2.45, 2.75) is 40.2 Å². The Labute approximate surface area is 249 Å². The third kappa shape index (κ3) is 6.68. The molecule has 9 nitrogen and oxygen atoms in total. The minimum atomic E-state index is -4.45. The summed E-state index contributed by atoms with van der Waals surface area (Å²) in [6, 6.07) is 15.9. The van der Waals surface area contributed by atoms with Crippen molar-refractivity contribution in [2.75, 3.05) is 23.0 Å². The van der Waals surface area contributed by atoms with Crippen molar-refractivity contribution in [3.8, 4) is 5.75 Å². The van der Waals surface area contributed by atoms with Gasteiger partial charge in [0.2, 0.25) is 11.4 Å². The Kier molecular flexibility index (Phi) is 8.46. The zero-order valence-electron chi connectivity index (χ0n) is 23.5. The summed E-state index contributed by atoms with van der Waals surface area (Å²) in [5.74, 6) is -0.0250. The predicted octanol–water partition coefficient (Wildman–Crippen LogP) is 4.97. The number of rotatable bonds is 10. The molecule has 1 aromatic heterocycles. The lowest BCUT2D eigenvalue weighted by Crippen LogP contribution is -2.36. The molecule has 0 atom stereocenters. The Bertz CT molecular complexity index is 1960. The van der Waals surface area contributed by atoms with E-state index in [-0.39, 0.29) is 13.0 Å². The molecule has 1 aliphatic heterocycles. The summed E-state index contributed by atoms with van der Waals surface area (Å²) in [7, 11) is -8.81. The van der Waals surface area contributed by atoms with Crippen LogP contribution in [0.15, 0.2) is 66.1 Å². The van der Waals surface area contributed by atoms with Crippen molar-refractivity contribution in [1.29, 1.82) is 0 Å². The molecular weight excluding hydrogens is 597 g/mol. The van der Waals surface area contributed by atoms with E-state index in [1.807, 2.05) is 81.5 Å². The summed E-state index contributed by atoms with van der Waals surface area (Å²) in [5.41, 5.74) is 4.58. The third-order valence-electron chi connectivity index (χ3n) is 7.33. The molecule has 3 aromatic carbocycles. The fourth-order valence-electron chi connectivity index (χ4n) is 5.06. The van der Waals surface area contributed by atoms with Crippen LogP contribution in [0.2, 0.25) is 0 Å². The van der Waals surface area contributed by atoms with E-state index in [1.54, 1.807) is 16.2 Å². The number of aryl methyl sites for hydroxylation is 3. The molecule has 0 unspecified atom stereocenters. The van der Waals surface area contributed by atoms with Gasteiger partial charge in [-0.05, 0) is 66.6 Å². The number of anilines is 1. The van der Waals surface area contributed by atoms with Crippen LogP contribution < -0.4 is 14.2 Å². The van der Waals surface area contributed by atoms with Crippen LogP contribution >= 0.6 is 11.3 Å². The summed E-state index contributed by atoms with van der Waals surface area (Å²) in [5, 5.41) is 2.94. The standard InChI is InChI=1S/C30H32N2O7S3/c1-4-22(18-28-31(13-15-42(36,37)38)25-16-20(2)21(3)17-26(25)39-28)19-29-32(12-7-14-41(33,34)35)30-24-9-6-5-8-23(24)10-11-27(30)40-29/h5-6,8-11,16-19H,4,7,12-15H2,1-3H3,(H-,33,34,35,36,37,38)/p-1. The molecule has 1 aliphatic rings. The Balaban J connectivity index is 1.60. The first-order valence-electron chi connectivity index (χ1n) is 13.5. The van der Waals surface area contributed by atoms with Crippen LogP contribution in [0.4, 0.5) is 5.69 Å². The zero-order valence-corrected chi connectivity index (χ0v) is 25.9. The second-order valence-electron chi connectivity index (χ2n) is 10.3. The highest BCUT2D eigenvalue weighted by Gasteiger charge is 2.28. The highest BCUT2D eigenvalue weighted by atomic mass is 32.2. The van der Waals surface area contributed by atoms with E-state index < -0.39 is 31.7 Å². The summed E-state index contributed by atoms with van der Waals surface area (Å²) < 4.78 is 77.8. The average molecular weight is 628 g/mol. The number of fused-ring (bicyclic) bond motifs is 4. The second kappa shape index (κ2) is 11.8. The number of thiazole rings is 1. The van der Waals surface area contributed by atoms with Gasteiger partial charge in [-0.15, -0.1) is 0 Å². The maximum atomic E-state index is 11.5. The van der Waals surface area contributed by atoms with Crippen LogP contribution in [0.1, 0.15) is 35.9 Å².